The van der Waals surface area contributed by atoms with Crippen LogP contribution in [0, 0.1) is 11.3 Å². The van der Waals surface area contributed by atoms with Gasteiger partial charge in [0.15, 0.2) is 5.69 Å². The van der Waals surface area contributed by atoms with Crippen molar-refractivity contribution in [3.8, 4) is 11.5 Å². The summed E-state index contributed by atoms with van der Waals surface area (Å²) in [6, 6.07) is 21.0. The van der Waals surface area contributed by atoms with Gasteiger partial charge in [0.05, 0.1) is 22.3 Å². The van der Waals surface area contributed by atoms with Crippen molar-refractivity contribution < 1.29 is 33.1 Å². The topological polar surface area (TPSA) is 175 Å². The van der Waals surface area contributed by atoms with Gasteiger partial charge in [0, 0.05) is 80.8 Å². The normalized spacial score (nSPS) is 17.7. The average Bonchev–Trinajstić information content (AvgIpc) is 3.72. The summed E-state index contributed by atoms with van der Waals surface area (Å²) >= 11 is 6.24. The second kappa shape index (κ2) is 18.1. The zero-order valence-corrected chi connectivity index (χ0v) is 36.0. The van der Waals surface area contributed by atoms with E-state index >= 15 is 0 Å². The lowest BCUT2D eigenvalue weighted by atomic mass is 9.72. The third-order valence-corrected chi connectivity index (χ3v) is 13.6. The lowest BCUT2D eigenvalue weighted by molar-refractivity contribution is 0.0294. The van der Waals surface area contributed by atoms with E-state index in [0.29, 0.717) is 42.8 Å². The number of aromatic amines is 1. The molecule has 2 aliphatic heterocycles. The second-order valence-electron chi connectivity index (χ2n) is 16.9. The summed E-state index contributed by atoms with van der Waals surface area (Å²) in [6.45, 7) is 10.6. The third-order valence-electron chi connectivity index (χ3n) is 12.0. The molecule has 0 radical (unpaired) electrons. The van der Waals surface area contributed by atoms with Crippen molar-refractivity contribution in [1.82, 2.24) is 19.6 Å². The molecule has 61 heavy (non-hydrogen) atoms. The number of hydrogen-bond acceptors (Lipinski definition) is 11. The van der Waals surface area contributed by atoms with E-state index in [1.54, 1.807) is 30.6 Å². The summed E-state index contributed by atoms with van der Waals surface area (Å²) in [5.74, 6) is -0.0361. The average molecular weight is 871 g/mol. The second-order valence-corrected chi connectivity index (χ2v) is 19.0. The van der Waals surface area contributed by atoms with Gasteiger partial charge in [-0.05, 0) is 114 Å². The number of carbonyl (C=O) groups excluding carboxylic acids is 1. The Hall–Kier alpha value is -5.16. The number of ether oxygens (including phenoxy) is 2. The number of sulfonamides is 1. The fourth-order valence-electron chi connectivity index (χ4n) is 8.42. The number of amides is 1. The molecule has 4 heterocycles. The Kier molecular flexibility index (Phi) is 12.6. The highest BCUT2D eigenvalue weighted by atomic mass is 35.5. The minimum absolute atomic E-state index is 0.00117. The monoisotopic (exact) mass is 870 g/mol. The Labute approximate surface area is 361 Å². The highest BCUT2D eigenvalue weighted by molar-refractivity contribution is 7.90. The van der Waals surface area contributed by atoms with E-state index in [-0.39, 0.29) is 32.5 Å². The largest absolute Gasteiger partial charge is 0.455 e. The number of anilines is 3. The summed E-state index contributed by atoms with van der Waals surface area (Å²) in [7, 11) is -4.47. The Balaban J connectivity index is 1.00. The first-order chi connectivity index (χ1) is 29.3. The molecule has 16 heteroatoms. The molecule has 0 atom stereocenters. The van der Waals surface area contributed by atoms with Crippen LogP contribution in [0.3, 0.4) is 0 Å². The number of piperazine rings is 1. The number of rotatable bonds is 13. The zero-order valence-electron chi connectivity index (χ0n) is 34.4. The molecule has 14 nitrogen and oxygen atoms in total. The van der Waals surface area contributed by atoms with Gasteiger partial charge in [-0.1, -0.05) is 43.2 Å². The van der Waals surface area contributed by atoms with Crippen LogP contribution < -0.4 is 24.9 Å². The molecule has 0 spiro atoms. The van der Waals surface area contributed by atoms with Crippen LogP contribution in [0.2, 0.25) is 5.02 Å². The van der Waals surface area contributed by atoms with Crippen LogP contribution >= 0.6 is 11.6 Å². The molecule has 8 rings (SSSR count). The van der Waals surface area contributed by atoms with Crippen molar-refractivity contribution in [1.29, 1.82) is 0 Å². The predicted molar refractivity (Wildman–Crippen MR) is 238 cm³/mol. The standard InChI is InChI=1S/C45H52ClN7O7S/c1-45(2)15-11-33(39(26-45)31-3-5-34(46)6-4-31)29-51-17-19-52(20-18-51)35-7-9-38(42(24-35)60-36-23-32-12-16-47-43(32)49-28-36)44(54)50-61(57,58)37-8-10-40(41(25-37)53(55)56)48-27-30-13-21-59-22-14-30/h3-10,12,16,23-25,28,30,48,55-56H,11,13-15,17-22,26-27,29H2,1-2H3,(H,47,49)(H,50,54)/p+1. The Bertz CT molecular complexity index is 2510. The number of nitrogens with zero attached hydrogens (tertiary/aromatic N) is 4. The number of H-pyrrole nitrogens is 1. The SMILES string of the molecule is CC1(C)CCC(CN2CCN(c3ccc(C(=O)NS(=O)(=O)c4ccc(NCC5CCOCC5)c(N(O)[OH2+])c4)c(Oc4cnc5[nH]ccc5c4)c3)CC2)=C(c2ccc(Cl)cc2)C1. The maximum absolute atomic E-state index is 13.9. The van der Waals surface area contributed by atoms with E-state index < -0.39 is 15.9 Å². The fraction of sp³-hybridized carbons (Fsp3) is 0.378. The smallest absolute Gasteiger partial charge is 0.268 e. The third kappa shape index (κ3) is 10.1. The first kappa shape index (κ1) is 42.5. The minimum atomic E-state index is -4.47. The van der Waals surface area contributed by atoms with Crippen LogP contribution in [0.25, 0.3) is 16.6 Å². The number of allylic oxidation sites excluding steroid dienone is 1. The van der Waals surface area contributed by atoms with Crippen molar-refractivity contribution in [2.45, 2.75) is 50.8 Å². The Morgan fingerprint density at radius 2 is 1.82 bits per heavy atom. The van der Waals surface area contributed by atoms with Gasteiger partial charge in [-0.25, -0.2) is 23.3 Å². The molecular formula is C45H53ClN7O7S+. The van der Waals surface area contributed by atoms with Crippen molar-refractivity contribution in [2.75, 3.05) is 67.9 Å². The fourth-order valence-corrected chi connectivity index (χ4v) is 9.54. The Morgan fingerprint density at radius 1 is 1.05 bits per heavy atom. The van der Waals surface area contributed by atoms with E-state index in [2.05, 4.69) is 55.8 Å². The maximum atomic E-state index is 13.9. The van der Waals surface area contributed by atoms with Gasteiger partial charge in [0.25, 0.3) is 15.9 Å². The van der Waals surface area contributed by atoms with E-state index in [9.17, 15) is 18.4 Å². The molecule has 0 bridgehead atoms. The molecule has 0 saturated carbocycles. The van der Waals surface area contributed by atoms with Crippen molar-refractivity contribution in [3.05, 3.63) is 107 Å². The van der Waals surface area contributed by atoms with E-state index in [4.69, 9.17) is 26.3 Å². The first-order valence-electron chi connectivity index (χ1n) is 20.7. The maximum Gasteiger partial charge on any atom is 0.268 e. The highest BCUT2D eigenvalue weighted by Crippen LogP contribution is 2.43. The number of nitrogens with one attached hydrogen (secondary N) is 3. The highest BCUT2D eigenvalue weighted by Gasteiger charge is 2.30. The number of aromatic nitrogens is 2. The number of carbonyl (C=O) groups is 1. The number of fused-ring (bicyclic) bond motifs is 1. The van der Waals surface area contributed by atoms with Crippen LogP contribution in [0.5, 0.6) is 11.5 Å². The van der Waals surface area contributed by atoms with Gasteiger partial charge in [-0.15, -0.1) is 0 Å². The van der Waals surface area contributed by atoms with Crippen molar-refractivity contribution in [3.63, 3.8) is 0 Å². The van der Waals surface area contributed by atoms with Crippen LogP contribution in [0.1, 0.15) is 61.9 Å². The quantitative estimate of drug-likeness (QED) is 0.0678. The summed E-state index contributed by atoms with van der Waals surface area (Å²) in [6.07, 6.45) is 8.28. The summed E-state index contributed by atoms with van der Waals surface area (Å²) in [5.41, 5.74) is 6.18. The molecule has 0 unspecified atom stereocenters. The molecular weight excluding hydrogens is 818 g/mol. The molecule has 322 valence electrons. The summed E-state index contributed by atoms with van der Waals surface area (Å²) < 4.78 is 41.4. The zero-order chi connectivity index (χ0) is 42.7. The number of benzene rings is 3. The molecule has 2 fully saturated rings. The van der Waals surface area contributed by atoms with Gasteiger partial charge in [0.1, 0.15) is 17.1 Å². The van der Waals surface area contributed by atoms with Crippen LogP contribution in [-0.2, 0) is 14.8 Å². The molecule has 2 saturated heterocycles. The predicted octanol–water partition coefficient (Wildman–Crippen LogP) is 7.59. The molecule has 2 aromatic heterocycles. The molecule has 5 aromatic rings. The summed E-state index contributed by atoms with van der Waals surface area (Å²) in [5, 5.41) is 22.9. The molecule has 1 aliphatic carbocycles. The minimum Gasteiger partial charge on any atom is -0.455 e. The molecule has 1 amide bonds. The summed E-state index contributed by atoms with van der Waals surface area (Å²) in [4.78, 5) is 25.9. The van der Waals surface area contributed by atoms with Crippen LogP contribution in [0.4, 0.5) is 17.1 Å². The lowest BCUT2D eigenvalue weighted by Crippen LogP contribution is -2.47. The van der Waals surface area contributed by atoms with Crippen LogP contribution in [0.15, 0.2) is 95.7 Å². The Morgan fingerprint density at radius 3 is 2.57 bits per heavy atom. The van der Waals surface area contributed by atoms with Gasteiger partial charge in [-0.2, -0.15) is 0 Å². The molecule has 3 aromatic carbocycles. The van der Waals surface area contributed by atoms with Crippen LogP contribution in [-0.4, -0.2) is 92.1 Å². The van der Waals surface area contributed by atoms with E-state index in [1.807, 2.05) is 24.3 Å². The van der Waals surface area contributed by atoms with Gasteiger partial charge >= 0.3 is 0 Å². The van der Waals surface area contributed by atoms with E-state index in [0.717, 1.165) is 87.0 Å². The first-order valence-corrected chi connectivity index (χ1v) is 22.6. The van der Waals surface area contributed by atoms with Gasteiger partial charge in [0.2, 0.25) is 0 Å². The molecule has 6 N–H and O–H groups in total. The van der Waals surface area contributed by atoms with Gasteiger partial charge in [-0.3, -0.25) is 14.9 Å². The van der Waals surface area contributed by atoms with Crippen molar-refractivity contribution in [2.24, 2.45) is 11.3 Å². The van der Waals surface area contributed by atoms with Gasteiger partial charge < -0.3 is 24.7 Å². The lowest BCUT2D eigenvalue weighted by Gasteiger charge is -2.39. The van der Waals surface area contributed by atoms with Crippen molar-refractivity contribution >= 4 is 61.2 Å². The molecule has 3 aliphatic rings. The number of halogens is 1. The van der Waals surface area contributed by atoms with E-state index in [1.165, 1.54) is 28.8 Å². The number of pyridine rings is 1. The number of hydrogen-bond donors (Lipinski definition) is 4.